The average Bonchev–Trinajstić information content (AvgIpc) is 2.50. The SMILES string of the molecule is CCOCC.O=C(c1ccccc1)c1ccccc1.[H-].[Na+]. The van der Waals surface area contributed by atoms with Crippen LogP contribution >= 0.6 is 0 Å². The van der Waals surface area contributed by atoms with E-state index in [1.807, 2.05) is 74.5 Å². The fraction of sp³-hybridized carbons (Fsp3) is 0.235. The summed E-state index contributed by atoms with van der Waals surface area (Å²) in [6.07, 6.45) is 0. The molecule has 2 aromatic carbocycles. The van der Waals surface area contributed by atoms with E-state index in [9.17, 15) is 4.79 Å². The molecule has 0 aromatic heterocycles. The predicted octanol–water partition coefficient (Wildman–Crippen LogP) is 1.08. The first-order valence-electron chi connectivity index (χ1n) is 6.52. The second-order valence-electron chi connectivity index (χ2n) is 3.84. The molecule has 20 heavy (non-hydrogen) atoms. The first-order chi connectivity index (χ1) is 9.29. The zero-order chi connectivity index (χ0) is 13.9. The Morgan fingerprint density at radius 1 is 0.850 bits per heavy atom. The summed E-state index contributed by atoms with van der Waals surface area (Å²) in [5, 5.41) is 0. The van der Waals surface area contributed by atoms with Crippen molar-refractivity contribution in [2.45, 2.75) is 13.8 Å². The summed E-state index contributed by atoms with van der Waals surface area (Å²) in [7, 11) is 0. The number of carbonyl (C=O) groups excluding carboxylic acids is 1. The first kappa shape index (κ1) is 19.1. The van der Waals surface area contributed by atoms with Crippen LogP contribution in [0.3, 0.4) is 0 Å². The van der Waals surface area contributed by atoms with Crippen LogP contribution in [0.15, 0.2) is 60.7 Å². The molecule has 0 fully saturated rings. The Kier molecular flexibility index (Phi) is 11.3. The summed E-state index contributed by atoms with van der Waals surface area (Å²) in [4.78, 5) is 11.8. The van der Waals surface area contributed by atoms with Gasteiger partial charge in [-0.25, -0.2) is 0 Å². The van der Waals surface area contributed by atoms with Crippen molar-refractivity contribution < 1.29 is 40.5 Å². The Labute approximate surface area is 144 Å². The van der Waals surface area contributed by atoms with Gasteiger partial charge < -0.3 is 6.16 Å². The Morgan fingerprint density at radius 3 is 1.45 bits per heavy atom. The van der Waals surface area contributed by atoms with E-state index >= 15 is 0 Å². The van der Waals surface area contributed by atoms with Gasteiger partial charge in [0.2, 0.25) is 0 Å². The molecule has 3 heteroatoms. The minimum absolute atomic E-state index is 0. The van der Waals surface area contributed by atoms with E-state index in [2.05, 4.69) is 0 Å². The van der Waals surface area contributed by atoms with Gasteiger partial charge in [0.25, 0.3) is 0 Å². The molecule has 0 radical (unpaired) electrons. The largest absolute Gasteiger partial charge is 1.00 e. The molecule has 0 unspecified atom stereocenters. The third-order valence-corrected chi connectivity index (χ3v) is 2.48. The van der Waals surface area contributed by atoms with E-state index in [4.69, 9.17) is 4.74 Å². The van der Waals surface area contributed by atoms with Gasteiger partial charge in [0.15, 0.2) is 5.78 Å². The molecule has 0 saturated carbocycles. The van der Waals surface area contributed by atoms with Crippen LogP contribution in [0, 0.1) is 0 Å². The molecule has 0 heterocycles. The van der Waals surface area contributed by atoms with Crippen LogP contribution in [0.1, 0.15) is 31.2 Å². The summed E-state index contributed by atoms with van der Waals surface area (Å²) in [6, 6.07) is 18.6. The average molecular weight is 280 g/mol. The van der Waals surface area contributed by atoms with Gasteiger partial charge in [-0.1, -0.05) is 60.7 Å². The molecule has 2 aromatic rings. The molecule has 0 aliphatic heterocycles. The minimum atomic E-state index is 0. The van der Waals surface area contributed by atoms with Crippen molar-refractivity contribution in [2.75, 3.05) is 13.2 Å². The molecule has 0 atom stereocenters. The summed E-state index contributed by atoms with van der Waals surface area (Å²) in [6.45, 7) is 5.67. The van der Waals surface area contributed by atoms with E-state index in [-0.39, 0.29) is 36.8 Å². The van der Waals surface area contributed by atoms with Crippen molar-refractivity contribution in [1.29, 1.82) is 0 Å². The zero-order valence-corrected chi connectivity index (χ0v) is 14.5. The van der Waals surface area contributed by atoms with E-state index in [0.717, 1.165) is 24.3 Å². The maximum atomic E-state index is 11.8. The first-order valence-corrected chi connectivity index (χ1v) is 6.52. The Hall–Kier alpha value is -0.930. The molecular weight excluding hydrogens is 259 g/mol. The zero-order valence-electron chi connectivity index (χ0n) is 13.5. The number of rotatable bonds is 4. The molecule has 0 N–H and O–H groups in total. The monoisotopic (exact) mass is 280 g/mol. The molecule has 0 amide bonds. The van der Waals surface area contributed by atoms with E-state index in [1.54, 1.807) is 0 Å². The number of carbonyl (C=O) groups is 1. The van der Waals surface area contributed by atoms with Crippen molar-refractivity contribution in [1.82, 2.24) is 0 Å². The summed E-state index contributed by atoms with van der Waals surface area (Å²) in [5.74, 6) is 0.0752. The molecule has 0 saturated heterocycles. The van der Waals surface area contributed by atoms with Gasteiger partial charge in [0.05, 0.1) is 0 Å². The molecule has 2 rings (SSSR count). The summed E-state index contributed by atoms with van der Waals surface area (Å²) >= 11 is 0. The van der Waals surface area contributed by atoms with Crippen LogP contribution in [-0.2, 0) is 4.74 Å². The molecule has 0 spiro atoms. The van der Waals surface area contributed by atoms with Crippen LogP contribution in [0.2, 0.25) is 0 Å². The summed E-state index contributed by atoms with van der Waals surface area (Å²) < 4.78 is 4.83. The normalized spacial score (nSPS) is 8.90. The van der Waals surface area contributed by atoms with E-state index in [1.165, 1.54) is 0 Å². The van der Waals surface area contributed by atoms with Gasteiger partial charge in [-0.05, 0) is 13.8 Å². The number of ketones is 1. The second kappa shape index (κ2) is 11.9. The van der Waals surface area contributed by atoms with Crippen LogP contribution in [0.25, 0.3) is 0 Å². The van der Waals surface area contributed by atoms with Crippen LogP contribution in [-0.4, -0.2) is 19.0 Å². The number of hydrogen-bond acceptors (Lipinski definition) is 2. The molecular formula is C17H21NaO2. The second-order valence-corrected chi connectivity index (χ2v) is 3.84. The fourth-order valence-electron chi connectivity index (χ4n) is 1.55. The molecule has 0 aliphatic carbocycles. The number of ether oxygens (including phenoxy) is 1. The smallest absolute Gasteiger partial charge is 1.00 e. The Balaban J connectivity index is 0. The molecule has 0 bridgehead atoms. The molecule has 102 valence electrons. The summed E-state index contributed by atoms with van der Waals surface area (Å²) in [5.41, 5.74) is 1.47. The van der Waals surface area contributed by atoms with Crippen molar-refractivity contribution in [2.24, 2.45) is 0 Å². The Bertz CT molecular complexity index is 431. The number of hydrogen-bond donors (Lipinski definition) is 0. The van der Waals surface area contributed by atoms with Gasteiger partial charge in [-0.3, -0.25) is 4.79 Å². The van der Waals surface area contributed by atoms with Crippen molar-refractivity contribution in [3.05, 3.63) is 71.8 Å². The van der Waals surface area contributed by atoms with E-state index in [0.29, 0.717) is 0 Å². The van der Waals surface area contributed by atoms with Gasteiger partial charge in [-0.15, -0.1) is 0 Å². The molecule has 0 aliphatic rings. The predicted molar refractivity (Wildman–Crippen MR) is 79.6 cm³/mol. The maximum absolute atomic E-state index is 11.8. The topological polar surface area (TPSA) is 26.3 Å². The van der Waals surface area contributed by atoms with Gasteiger partial charge in [0, 0.05) is 24.3 Å². The maximum Gasteiger partial charge on any atom is 1.00 e. The quantitative estimate of drug-likeness (QED) is 0.619. The third-order valence-electron chi connectivity index (χ3n) is 2.48. The Morgan fingerprint density at radius 2 is 1.20 bits per heavy atom. The van der Waals surface area contributed by atoms with Crippen LogP contribution in [0.4, 0.5) is 0 Å². The van der Waals surface area contributed by atoms with Crippen LogP contribution < -0.4 is 29.6 Å². The van der Waals surface area contributed by atoms with E-state index < -0.39 is 0 Å². The van der Waals surface area contributed by atoms with Crippen LogP contribution in [0.5, 0.6) is 0 Å². The van der Waals surface area contributed by atoms with Crippen molar-refractivity contribution in [3.8, 4) is 0 Å². The standard InChI is InChI=1S/C13H10O.C4H10O.Na.H/c14-13(11-7-3-1-4-8-11)12-9-5-2-6-10-12;1-3-5-4-2;;/h1-10H;3-4H2,1-2H3;;/q;;+1;-1. The van der Waals surface area contributed by atoms with Crippen molar-refractivity contribution in [3.63, 3.8) is 0 Å². The number of benzene rings is 2. The van der Waals surface area contributed by atoms with Gasteiger partial charge in [0.1, 0.15) is 0 Å². The van der Waals surface area contributed by atoms with Gasteiger partial charge >= 0.3 is 29.6 Å². The molecule has 2 nitrogen and oxygen atoms in total. The third kappa shape index (κ3) is 7.01. The van der Waals surface area contributed by atoms with Gasteiger partial charge in [-0.2, -0.15) is 0 Å². The fourth-order valence-corrected chi connectivity index (χ4v) is 1.55. The minimum Gasteiger partial charge on any atom is -1.00 e. The van der Waals surface area contributed by atoms with Crippen molar-refractivity contribution >= 4 is 5.78 Å².